The van der Waals surface area contributed by atoms with Gasteiger partial charge in [-0.1, -0.05) is 11.8 Å². The van der Waals surface area contributed by atoms with Gasteiger partial charge in [-0.2, -0.15) is 0 Å². The molecular formula is C8H12N2O3S. The maximum Gasteiger partial charge on any atom is 0.322 e. The van der Waals surface area contributed by atoms with Crippen LogP contribution in [-0.4, -0.2) is 29.9 Å². The zero-order chi connectivity index (χ0) is 10.4. The van der Waals surface area contributed by atoms with Crippen molar-refractivity contribution in [2.75, 3.05) is 12.9 Å². The molecule has 1 aromatic rings. The summed E-state index contributed by atoms with van der Waals surface area (Å²) in [4.78, 5) is 14.8. The Balaban J connectivity index is 2.18. The second kappa shape index (κ2) is 5.66. The molecule has 5 nitrogen and oxygen atoms in total. The van der Waals surface area contributed by atoms with E-state index in [0.29, 0.717) is 17.4 Å². The minimum atomic E-state index is -0.567. The number of rotatable bonds is 5. The van der Waals surface area contributed by atoms with Gasteiger partial charge in [0.05, 0.1) is 13.3 Å². The molecule has 0 radical (unpaired) electrons. The molecule has 0 aromatic carbocycles. The van der Waals surface area contributed by atoms with Crippen LogP contribution < -0.4 is 5.73 Å². The molecule has 1 rings (SSSR count). The van der Waals surface area contributed by atoms with Crippen LogP contribution in [0.3, 0.4) is 0 Å². The van der Waals surface area contributed by atoms with Crippen LogP contribution in [0.5, 0.6) is 0 Å². The molecule has 78 valence electrons. The number of thioether (sulfide) groups is 1. The molecule has 0 amide bonds. The molecule has 0 spiro atoms. The Morgan fingerprint density at radius 1 is 1.86 bits per heavy atom. The van der Waals surface area contributed by atoms with Gasteiger partial charge in [-0.05, 0) is 6.42 Å². The number of ether oxygens (including phenoxy) is 1. The number of nitrogens with two attached hydrogens (primary N) is 1. The van der Waals surface area contributed by atoms with Crippen LogP contribution >= 0.6 is 11.8 Å². The summed E-state index contributed by atoms with van der Waals surface area (Å²) in [7, 11) is 1.32. The lowest BCUT2D eigenvalue weighted by Crippen LogP contribution is -2.31. The molecule has 1 heterocycles. The Morgan fingerprint density at radius 3 is 3.21 bits per heavy atom. The summed E-state index contributed by atoms with van der Waals surface area (Å²) >= 11 is 1.42. The van der Waals surface area contributed by atoms with Gasteiger partial charge in [-0.25, -0.2) is 4.98 Å². The normalized spacial score (nSPS) is 12.4. The van der Waals surface area contributed by atoms with E-state index in [1.165, 1.54) is 25.1 Å². The predicted molar refractivity (Wildman–Crippen MR) is 51.8 cm³/mol. The topological polar surface area (TPSA) is 78.4 Å². The monoisotopic (exact) mass is 216 g/mol. The van der Waals surface area contributed by atoms with Crippen molar-refractivity contribution in [1.82, 2.24) is 4.98 Å². The second-order valence-corrected chi connectivity index (χ2v) is 3.61. The van der Waals surface area contributed by atoms with E-state index in [0.717, 1.165) is 0 Å². The van der Waals surface area contributed by atoms with Crippen molar-refractivity contribution in [1.29, 1.82) is 0 Å². The maximum atomic E-state index is 10.9. The molecule has 0 aliphatic heterocycles. The molecular weight excluding hydrogens is 204 g/mol. The number of carbonyl (C=O) groups is 1. The third kappa shape index (κ3) is 3.39. The lowest BCUT2D eigenvalue weighted by Gasteiger charge is -2.06. The number of aromatic nitrogens is 1. The largest absolute Gasteiger partial charge is 0.468 e. The Kier molecular flexibility index (Phi) is 4.48. The second-order valence-electron chi connectivity index (χ2n) is 2.56. The van der Waals surface area contributed by atoms with Crippen molar-refractivity contribution in [2.24, 2.45) is 5.73 Å². The molecule has 0 saturated heterocycles. The molecule has 1 unspecified atom stereocenters. The Labute approximate surface area is 86.0 Å². The highest BCUT2D eigenvalue weighted by atomic mass is 32.2. The minimum Gasteiger partial charge on any atom is -0.468 e. The molecule has 1 atom stereocenters. The Hall–Kier alpha value is -1.01. The number of nitrogens with zero attached hydrogens (tertiary/aromatic N) is 1. The van der Waals surface area contributed by atoms with Crippen LogP contribution in [0.2, 0.25) is 0 Å². The molecule has 0 aliphatic rings. The van der Waals surface area contributed by atoms with Crippen molar-refractivity contribution < 1.29 is 13.9 Å². The number of esters is 1. The van der Waals surface area contributed by atoms with Gasteiger partial charge in [0.2, 0.25) is 0 Å². The van der Waals surface area contributed by atoms with E-state index in [9.17, 15) is 4.79 Å². The standard InChI is InChI=1S/C8H12N2O3S/c1-12-7(11)6(9)2-5-14-8-10-3-4-13-8/h3-4,6H,2,5,9H2,1H3. The van der Waals surface area contributed by atoms with Crippen LogP contribution in [-0.2, 0) is 9.53 Å². The van der Waals surface area contributed by atoms with Crippen LogP contribution in [0.1, 0.15) is 6.42 Å². The van der Waals surface area contributed by atoms with Crippen molar-refractivity contribution in [3.05, 3.63) is 12.5 Å². The van der Waals surface area contributed by atoms with Gasteiger partial charge in [-0.3, -0.25) is 4.79 Å². The number of methoxy groups -OCH3 is 1. The third-order valence-electron chi connectivity index (χ3n) is 1.57. The van der Waals surface area contributed by atoms with Crippen LogP contribution in [0, 0.1) is 0 Å². The van der Waals surface area contributed by atoms with E-state index in [4.69, 9.17) is 10.2 Å². The molecule has 2 N–H and O–H groups in total. The zero-order valence-corrected chi connectivity index (χ0v) is 8.62. The first kappa shape index (κ1) is 11.1. The van der Waals surface area contributed by atoms with Crippen LogP contribution in [0.4, 0.5) is 0 Å². The molecule has 6 heteroatoms. The first-order valence-corrected chi connectivity index (χ1v) is 5.08. The molecule has 0 fully saturated rings. The fraction of sp³-hybridized carbons (Fsp3) is 0.500. The summed E-state index contributed by atoms with van der Waals surface area (Å²) in [6.45, 7) is 0. The van der Waals surface area contributed by atoms with Crippen molar-refractivity contribution in [3.63, 3.8) is 0 Å². The van der Waals surface area contributed by atoms with E-state index < -0.39 is 12.0 Å². The minimum absolute atomic E-state index is 0.391. The Morgan fingerprint density at radius 2 is 2.64 bits per heavy atom. The lowest BCUT2D eigenvalue weighted by atomic mass is 10.2. The van der Waals surface area contributed by atoms with E-state index in [-0.39, 0.29) is 0 Å². The summed E-state index contributed by atoms with van der Waals surface area (Å²) in [6, 6.07) is -0.567. The summed E-state index contributed by atoms with van der Waals surface area (Å²) in [5.74, 6) is 0.287. The molecule has 1 aromatic heterocycles. The highest BCUT2D eigenvalue weighted by Gasteiger charge is 2.13. The summed E-state index contributed by atoms with van der Waals surface area (Å²) in [6.07, 6.45) is 3.62. The molecule has 14 heavy (non-hydrogen) atoms. The summed E-state index contributed by atoms with van der Waals surface area (Å²) in [5, 5.41) is 0.585. The first-order chi connectivity index (χ1) is 6.74. The van der Waals surface area contributed by atoms with E-state index in [2.05, 4.69) is 9.72 Å². The van der Waals surface area contributed by atoms with Crippen molar-refractivity contribution >= 4 is 17.7 Å². The number of carbonyl (C=O) groups excluding carboxylic acids is 1. The van der Waals surface area contributed by atoms with Crippen molar-refractivity contribution in [3.8, 4) is 0 Å². The fourth-order valence-electron chi connectivity index (χ4n) is 0.824. The van der Waals surface area contributed by atoms with Gasteiger partial charge in [0, 0.05) is 5.75 Å². The van der Waals surface area contributed by atoms with E-state index in [1.807, 2.05) is 0 Å². The predicted octanol–water partition coefficient (Wildman–Crippen LogP) is 0.657. The van der Waals surface area contributed by atoms with Gasteiger partial charge in [0.25, 0.3) is 5.22 Å². The highest BCUT2D eigenvalue weighted by molar-refractivity contribution is 7.99. The van der Waals surface area contributed by atoms with Crippen LogP contribution in [0.15, 0.2) is 22.1 Å². The summed E-state index contributed by atoms with van der Waals surface area (Å²) in [5.41, 5.74) is 5.53. The first-order valence-electron chi connectivity index (χ1n) is 4.09. The average molecular weight is 216 g/mol. The van der Waals surface area contributed by atoms with Gasteiger partial charge >= 0.3 is 5.97 Å². The average Bonchev–Trinajstić information content (AvgIpc) is 2.69. The van der Waals surface area contributed by atoms with Crippen molar-refractivity contribution in [2.45, 2.75) is 17.7 Å². The summed E-state index contributed by atoms with van der Waals surface area (Å²) < 4.78 is 9.48. The van der Waals surface area contributed by atoms with Crippen LogP contribution in [0.25, 0.3) is 0 Å². The fourth-order valence-corrected chi connectivity index (χ4v) is 1.63. The molecule has 0 aliphatic carbocycles. The SMILES string of the molecule is COC(=O)C(N)CCSc1ncco1. The highest BCUT2D eigenvalue weighted by Crippen LogP contribution is 2.16. The third-order valence-corrected chi connectivity index (χ3v) is 2.46. The quantitative estimate of drug-likeness (QED) is 0.575. The van der Waals surface area contributed by atoms with E-state index in [1.54, 1.807) is 6.20 Å². The van der Waals surface area contributed by atoms with Gasteiger partial charge in [0.15, 0.2) is 0 Å². The van der Waals surface area contributed by atoms with E-state index >= 15 is 0 Å². The van der Waals surface area contributed by atoms with Gasteiger partial charge < -0.3 is 14.9 Å². The number of oxazole rings is 1. The molecule has 0 bridgehead atoms. The lowest BCUT2D eigenvalue weighted by molar-refractivity contribution is -0.142. The van der Waals surface area contributed by atoms with Gasteiger partial charge in [0.1, 0.15) is 12.3 Å². The number of hydrogen-bond donors (Lipinski definition) is 1. The molecule has 0 saturated carbocycles. The number of hydrogen-bond acceptors (Lipinski definition) is 6. The smallest absolute Gasteiger partial charge is 0.322 e. The Bertz CT molecular complexity index is 276. The zero-order valence-electron chi connectivity index (χ0n) is 7.80. The maximum absolute atomic E-state index is 10.9. The van der Waals surface area contributed by atoms with Gasteiger partial charge in [-0.15, -0.1) is 0 Å².